The molecule has 0 radical (unpaired) electrons. The second-order valence-corrected chi connectivity index (χ2v) is 5.78. The molecule has 0 aliphatic carbocycles. The molecule has 0 N–H and O–H groups in total. The number of pyridine rings is 1. The molecule has 7 nitrogen and oxygen atoms in total. The van der Waals surface area contributed by atoms with Crippen molar-refractivity contribution >= 4 is 28.5 Å². The van der Waals surface area contributed by atoms with Gasteiger partial charge < -0.3 is 9.47 Å². The number of benzene rings is 1. The molecule has 134 valence electrons. The lowest BCUT2D eigenvalue weighted by molar-refractivity contribution is -0.132. The van der Waals surface area contributed by atoms with Crippen molar-refractivity contribution in [2.24, 2.45) is 0 Å². The number of nitrogens with zero attached hydrogens (tertiary/aromatic N) is 3. The van der Waals surface area contributed by atoms with Gasteiger partial charge in [-0.3, -0.25) is 14.2 Å². The van der Waals surface area contributed by atoms with Gasteiger partial charge in [0.1, 0.15) is 16.7 Å². The Labute approximate surface area is 152 Å². The number of fused-ring (bicyclic) bond motifs is 1. The van der Waals surface area contributed by atoms with E-state index in [4.69, 9.17) is 21.1 Å². The first-order chi connectivity index (χ1) is 12.4. The first-order valence-corrected chi connectivity index (χ1v) is 7.83. The van der Waals surface area contributed by atoms with Crippen molar-refractivity contribution in [3.63, 3.8) is 0 Å². The summed E-state index contributed by atoms with van der Waals surface area (Å²) in [7, 11) is 1.39. The first-order valence-electron chi connectivity index (χ1n) is 7.45. The zero-order chi connectivity index (χ0) is 18.8. The van der Waals surface area contributed by atoms with Gasteiger partial charge in [0.15, 0.2) is 5.75 Å². The number of methoxy groups -OCH3 is 1. The van der Waals surface area contributed by atoms with Gasteiger partial charge in [0, 0.05) is 6.92 Å². The largest absolute Gasteiger partial charge is 0.494 e. The van der Waals surface area contributed by atoms with Crippen LogP contribution in [0.15, 0.2) is 35.5 Å². The summed E-state index contributed by atoms with van der Waals surface area (Å²) in [5.74, 6) is -1.02. The van der Waals surface area contributed by atoms with Crippen LogP contribution in [0.1, 0.15) is 12.5 Å². The van der Waals surface area contributed by atoms with Crippen molar-refractivity contribution in [2.45, 2.75) is 13.5 Å². The Hall–Kier alpha value is -3.00. The highest BCUT2D eigenvalue weighted by atomic mass is 35.5. The van der Waals surface area contributed by atoms with E-state index in [0.717, 1.165) is 0 Å². The maximum Gasteiger partial charge on any atom is 0.309 e. The number of halogens is 2. The molecule has 9 heteroatoms. The second-order valence-electron chi connectivity index (χ2n) is 5.38. The summed E-state index contributed by atoms with van der Waals surface area (Å²) in [6.07, 6.45) is 2.57. The summed E-state index contributed by atoms with van der Waals surface area (Å²) < 4.78 is 24.8. The number of carbonyl (C=O) groups excluding carboxylic acids is 1. The number of rotatable bonds is 4. The van der Waals surface area contributed by atoms with Crippen molar-refractivity contribution in [1.82, 2.24) is 14.5 Å². The van der Waals surface area contributed by atoms with Crippen LogP contribution in [0, 0.1) is 5.82 Å². The molecule has 1 aromatic carbocycles. The summed E-state index contributed by atoms with van der Waals surface area (Å²) in [5.41, 5.74) is 0.300. The maximum absolute atomic E-state index is 13.3. The minimum absolute atomic E-state index is 0.0387. The summed E-state index contributed by atoms with van der Waals surface area (Å²) >= 11 is 5.78. The van der Waals surface area contributed by atoms with Crippen molar-refractivity contribution in [3.8, 4) is 11.6 Å². The van der Waals surface area contributed by atoms with E-state index in [-0.39, 0.29) is 34.1 Å². The normalized spacial score (nSPS) is 10.8. The van der Waals surface area contributed by atoms with E-state index in [1.165, 1.54) is 49.3 Å². The zero-order valence-corrected chi connectivity index (χ0v) is 14.6. The Kier molecular flexibility index (Phi) is 4.85. The third-order valence-electron chi connectivity index (χ3n) is 3.58. The van der Waals surface area contributed by atoms with Gasteiger partial charge in [0.05, 0.1) is 31.2 Å². The molecule has 3 aromatic rings. The lowest BCUT2D eigenvalue weighted by atomic mass is 10.2. The van der Waals surface area contributed by atoms with E-state index in [0.29, 0.717) is 5.56 Å². The summed E-state index contributed by atoms with van der Waals surface area (Å²) in [6.45, 7) is 1.34. The van der Waals surface area contributed by atoms with Crippen LogP contribution < -0.4 is 15.0 Å². The number of ether oxygens (including phenoxy) is 2. The Bertz CT molecular complexity index is 1070. The molecule has 3 rings (SSSR count). The third-order valence-corrected chi connectivity index (χ3v) is 3.87. The number of aromatic nitrogens is 3. The summed E-state index contributed by atoms with van der Waals surface area (Å²) in [4.78, 5) is 32.2. The number of hydrogen-bond donors (Lipinski definition) is 0. The minimum atomic E-state index is -0.587. The predicted molar refractivity (Wildman–Crippen MR) is 92.2 cm³/mol. The van der Waals surface area contributed by atoms with Crippen LogP contribution in [-0.2, 0) is 11.3 Å². The standard InChI is InChI=1S/C17H13ClFN3O4/c1-9(23)26-16-15-14(13(25-2)6-20-16)17(24)22(8-21-15)7-10-3-4-12(19)11(18)5-10/h3-6,8H,7H2,1-2H3. The quantitative estimate of drug-likeness (QED) is 0.650. The monoisotopic (exact) mass is 377 g/mol. The average Bonchev–Trinajstić information content (AvgIpc) is 2.60. The van der Waals surface area contributed by atoms with Crippen LogP contribution in [0.4, 0.5) is 4.39 Å². The molecule has 2 aromatic heterocycles. The highest BCUT2D eigenvalue weighted by Crippen LogP contribution is 2.26. The average molecular weight is 378 g/mol. The van der Waals surface area contributed by atoms with E-state index in [1.807, 2.05) is 0 Å². The van der Waals surface area contributed by atoms with E-state index >= 15 is 0 Å². The van der Waals surface area contributed by atoms with Crippen molar-refractivity contribution in [1.29, 1.82) is 0 Å². The molecule has 0 aliphatic heterocycles. The highest BCUT2D eigenvalue weighted by Gasteiger charge is 2.17. The van der Waals surface area contributed by atoms with Crippen LogP contribution >= 0.6 is 11.6 Å². The van der Waals surface area contributed by atoms with Crippen LogP contribution in [0.3, 0.4) is 0 Å². The molecule has 0 bridgehead atoms. The predicted octanol–water partition coefficient (Wildman–Crippen LogP) is 2.57. The Morgan fingerprint density at radius 3 is 2.77 bits per heavy atom. The number of carbonyl (C=O) groups is 1. The minimum Gasteiger partial charge on any atom is -0.494 e. The van der Waals surface area contributed by atoms with Crippen LogP contribution in [0.2, 0.25) is 5.02 Å². The first kappa shape index (κ1) is 17.8. The van der Waals surface area contributed by atoms with Gasteiger partial charge in [-0.25, -0.2) is 14.4 Å². The van der Waals surface area contributed by atoms with E-state index in [2.05, 4.69) is 9.97 Å². The summed E-state index contributed by atoms with van der Waals surface area (Å²) in [5, 5.41) is 0.0812. The summed E-state index contributed by atoms with van der Waals surface area (Å²) in [6, 6.07) is 4.17. The third kappa shape index (κ3) is 3.36. The zero-order valence-electron chi connectivity index (χ0n) is 13.8. The molecule has 0 saturated carbocycles. The topological polar surface area (TPSA) is 83.3 Å². The van der Waals surface area contributed by atoms with Crippen LogP contribution in [0.5, 0.6) is 11.6 Å². The van der Waals surface area contributed by atoms with Crippen molar-refractivity contribution in [3.05, 3.63) is 57.5 Å². The van der Waals surface area contributed by atoms with E-state index in [1.54, 1.807) is 0 Å². The van der Waals surface area contributed by atoms with Gasteiger partial charge in [0.25, 0.3) is 5.56 Å². The van der Waals surface area contributed by atoms with Gasteiger partial charge in [-0.1, -0.05) is 17.7 Å². The lowest BCUT2D eigenvalue weighted by Crippen LogP contribution is -2.22. The van der Waals surface area contributed by atoms with E-state index < -0.39 is 17.3 Å². The van der Waals surface area contributed by atoms with Gasteiger partial charge in [-0.05, 0) is 17.7 Å². The molecule has 0 unspecified atom stereocenters. The van der Waals surface area contributed by atoms with Crippen molar-refractivity contribution in [2.75, 3.05) is 7.11 Å². The Morgan fingerprint density at radius 2 is 2.12 bits per heavy atom. The van der Waals surface area contributed by atoms with E-state index in [9.17, 15) is 14.0 Å². The smallest absolute Gasteiger partial charge is 0.309 e. The van der Waals surface area contributed by atoms with Gasteiger partial charge in [-0.2, -0.15) is 0 Å². The number of esters is 1. The fourth-order valence-electron chi connectivity index (χ4n) is 2.43. The molecule has 0 saturated heterocycles. The highest BCUT2D eigenvalue weighted by molar-refractivity contribution is 6.30. The molecule has 0 fully saturated rings. The molecule has 0 aliphatic rings. The fraction of sp³-hybridized carbons (Fsp3) is 0.176. The van der Waals surface area contributed by atoms with Crippen LogP contribution in [-0.4, -0.2) is 27.6 Å². The Morgan fingerprint density at radius 1 is 1.35 bits per heavy atom. The lowest BCUT2D eigenvalue weighted by Gasteiger charge is -2.11. The molecular formula is C17H13ClFN3O4. The number of hydrogen-bond acceptors (Lipinski definition) is 6. The van der Waals surface area contributed by atoms with Gasteiger partial charge in [-0.15, -0.1) is 0 Å². The fourth-order valence-corrected chi connectivity index (χ4v) is 2.63. The van der Waals surface area contributed by atoms with Crippen molar-refractivity contribution < 1.29 is 18.7 Å². The molecule has 26 heavy (non-hydrogen) atoms. The molecule has 0 amide bonds. The van der Waals surface area contributed by atoms with Gasteiger partial charge >= 0.3 is 5.97 Å². The molecule has 0 atom stereocenters. The molecule has 0 spiro atoms. The molecular weight excluding hydrogens is 365 g/mol. The molecule has 2 heterocycles. The maximum atomic E-state index is 13.3. The van der Waals surface area contributed by atoms with Crippen LogP contribution in [0.25, 0.3) is 10.9 Å². The Balaban J connectivity index is 2.13. The second kappa shape index (κ2) is 7.09. The van der Waals surface area contributed by atoms with Gasteiger partial charge in [0.2, 0.25) is 5.88 Å². The SMILES string of the molecule is COc1cnc(OC(C)=O)c2ncn(Cc3ccc(F)c(Cl)c3)c(=O)c12.